The molecule has 0 spiro atoms. The molecule has 0 aliphatic heterocycles. The third kappa shape index (κ3) is 2.95. The second-order valence-corrected chi connectivity index (χ2v) is 5.30. The molecule has 0 saturated carbocycles. The number of nitro groups is 1. The van der Waals surface area contributed by atoms with Gasteiger partial charge in [0.1, 0.15) is 5.52 Å². The zero-order valence-electron chi connectivity index (χ0n) is 11.0. The minimum atomic E-state index is -0.477. The molecule has 7 heteroatoms. The zero-order chi connectivity index (χ0) is 15.7. The average molecular weight is 335 g/mol. The lowest BCUT2D eigenvalue weighted by molar-refractivity contribution is -0.384. The molecule has 0 aliphatic rings. The quantitative estimate of drug-likeness (QED) is 0.486. The van der Waals surface area contributed by atoms with E-state index < -0.39 is 4.92 Å². The lowest BCUT2D eigenvalue weighted by Crippen LogP contribution is -1.88. The van der Waals surface area contributed by atoms with E-state index in [2.05, 4.69) is 4.98 Å². The molecule has 22 heavy (non-hydrogen) atoms. The van der Waals surface area contributed by atoms with Gasteiger partial charge < -0.3 is 4.42 Å². The van der Waals surface area contributed by atoms with Crippen LogP contribution in [0.25, 0.3) is 23.3 Å². The first-order valence-electron chi connectivity index (χ1n) is 6.21. The van der Waals surface area contributed by atoms with E-state index in [0.717, 1.165) is 0 Å². The van der Waals surface area contributed by atoms with Gasteiger partial charge in [0.05, 0.1) is 4.92 Å². The van der Waals surface area contributed by atoms with Crippen LogP contribution in [0, 0.1) is 10.1 Å². The molecule has 110 valence electrons. The molecule has 0 aliphatic carbocycles. The molecule has 2 aromatic carbocycles. The molecule has 0 fully saturated rings. The van der Waals surface area contributed by atoms with Crippen molar-refractivity contribution in [3.63, 3.8) is 0 Å². The first-order valence-corrected chi connectivity index (χ1v) is 6.96. The van der Waals surface area contributed by atoms with Gasteiger partial charge in [0, 0.05) is 33.8 Å². The fraction of sp³-hybridized carbons (Fsp3) is 0. The summed E-state index contributed by atoms with van der Waals surface area (Å²) in [6.07, 6.45) is 3.21. The molecule has 0 bridgehead atoms. The third-order valence-corrected chi connectivity index (χ3v) is 3.54. The van der Waals surface area contributed by atoms with Gasteiger partial charge in [0.25, 0.3) is 5.69 Å². The van der Waals surface area contributed by atoms with Gasteiger partial charge in [0.2, 0.25) is 5.89 Å². The Morgan fingerprint density at radius 2 is 1.95 bits per heavy atom. The van der Waals surface area contributed by atoms with Crippen LogP contribution in [0.2, 0.25) is 10.0 Å². The molecule has 1 aromatic heterocycles. The Bertz CT molecular complexity index is 903. The highest BCUT2D eigenvalue weighted by Gasteiger charge is 2.08. The van der Waals surface area contributed by atoms with E-state index in [4.69, 9.17) is 27.6 Å². The SMILES string of the molecule is O=[N+]([O-])c1ccc(Cl)c(C=Cc2nc3cc(Cl)ccc3o2)c1. The molecule has 5 nitrogen and oxygen atoms in total. The van der Waals surface area contributed by atoms with Crippen LogP contribution < -0.4 is 0 Å². The maximum Gasteiger partial charge on any atom is 0.270 e. The van der Waals surface area contributed by atoms with Crippen molar-refractivity contribution in [3.8, 4) is 0 Å². The van der Waals surface area contributed by atoms with Crippen LogP contribution in [0.5, 0.6) is 0 Å². The van der Waals surface area contributed by atoms with E-state index in [1.165, 1.54) is 18.2 Å². The summed E-state index contributed by atoms with van der Waals surface area (Å²) >= 11 is 11.9. The summed E-state index contributed by atoms with van der Waals surface area (Å²) in [5.74, 6) is 0.361. The Hall–Kier alpha value is -2.37. The van der Waals surface area contributed by atoms with Crippen LogP contribution >= 0.6 is 23.2 Å². The summed E-state index contributed by atoms with van der Waals surface area (Å²) in [5.41, 5.74) is 1.72. The predicted molar refractivity (Wildman–Crippen MR) is 86.1 cm³/mol. The van der Waals surface area contributed by atoms with Gasteiger partial charge >= 0.3 is 0 Å². The highest BCUT2D eigenvalue weighted by molar-refractivity contribution is 6.32. The number of nitro benzene ring substituents is 1. The summed E-state index contributed by atoms with van der Waals surface area (Å²) in [7, 11) is 0. The molecule has 0 amide bonds. The molecule has 0 atom stereocenters. The maximum absolute atomic E-state index is 10.8. The molecular formula is C15H8Cl2N2O3. The monoisotopic (exact) mass is 334 g/mol. The van der Waals surface area contributed by atoms with Crippen molar-refractivity contribution >= 4 is 52.1 Å². The normalized spacial score (nSPS) is 11.4. The molecule has 3 rings (SSSR count). The fourth-order valence-corrected chi connectivity index (χ4v) is 2.27. The highest BCUT2D eigenvalue weighted by atomic mass is 35.5. The van der Waals surface area contributed by atoms with E-state index in [1.54, 1.807) is 30.4 Å². The van der Waals surface area contributed by atoms with E-state index in [9.17, 15) is 10.1 Å². The largest absolute Gasteiger partial charge is 0.437 e. The lowest BCUT2D eigenvalue weighted by Gasteiger charge is -1.97. The molecule has 0 unspecified atom stereocenters. The van der Waals surface area contributed by atoms with Gasteiger partial charge in [0.15, 0.2) is 5.58 Å². The third-order valence-electron chi connectivity index (χ3n) is 2.96. The number of hydrogen-bond donors (Lipinski definition) is 0. The molecular weight excluding hydrogens is 327 g/mol. The Morgan fingerprint density at radius 3 is 2.73 bits per heavy atom. The van der Waals surface area contributed by atoms with Crippen molar-refractivity contribution in [1.29, 1.82) is 0 Å². The first kappa shape index (κ1) is 14.6. The van der Waals surface area contributed by atoms with Crippen molar-refractivity contribution < 1.29 is 9.34 Å². The molecule has 3 aromatic rings. The number of halogens is 2. The van der Waals surface area contributed by atoms with Crippen LogP contribution in [-0.2, 0) is 0 Å². The average Bonchev–Trinajstić information content (AvgIpc) is 2.88. The van der Waals surface area contributed by atoms with Crippen LogP contribution in [0.4, 0.5) is 5.69 Å². The summed E-state index contributed by atoms with van der Waals surface area (Å²) in [5, 5.41) is 11.8. The van der Waals surface area contributed by atoms with Gasteiger partial charge in [-0.1, -0.05) is 23.2 Å². The summed E-state index contributed by atoms with van der Waals surface area (Å²) in [6, 6.07) is 9.34. The number of oxazole rings is 1. The first-order chi connectivity index (χ1) is 10.5. The number of fused-ring (bicyclic) bond motifs is 1. The van der Waals surface area contributed by atoms with Crippen LogP contribution in [0.15, 0.2) is 40.8 Å². The van der Waals surface area contributed by atoms with Crippen LogP contribution in [-0.4, -0.2) is 9.91 Å². The number of nitrogens with zero attached hydrogens (tertiary/aromatic N) is 2. The zero-order valence-corrected chi connectivity index (χ0v) is 12.5. The maximum atomic E-state index is 10.8. The van der Waals surface area contributed by atoms with Gasteiger partial charge in [-0.05, 0) is 30.3 Å². The smallest absolute Gasteiger partial charge is 0.270 e. The molecule has 0 N–H and O–H groups in total. The van der Waals surface area contributed by atoms with Crippen molar-refractivity contribution in [3.05, 3.63) is 68.0 Å². The minimum absolute atomic E-state index is 0.0339. The van der Waals surface area contributed by atoms with E-state index in [0.29, 0.717) is 32.6 Å². The van der Waals surface area contributed by atoms with Crippen molar-refractivity contribution in [2.24, 2.45) is 0 Å². The number of non-ortho nitro benzene ring substituents is 1. The number of benzene rings is 2. The van der Waals surface area contributed by atoms with Crippen molar-refractivity contribution in [2.45, 2.75) is 0 Å². The summed E-state index contributed by atoms with van der Waals surface area (Å²) < 4.78 is 5.53. The van der Waals surface area contributed by atoms with E-state index in [-0.39, 0.29) is 5.69 Å². The standard InChI is InChI=1S/C15H8Cl2N2O3/c16-10-2-5-14-13(8-10)18-15(22-14)6-1-9-7-11(19(20)21)3-4-12(9)17/h1-8H. The number of rotatable bonds is 3. The summed E-state index contributed by atoms with van der Waals surface area (Å²) in [4.78, 5) is 14.6. The second-order valence-electron chi connectivity index (χ2n) is 4.46. The van der Waals surface area contributed by atoms with Crippen molar-refractivity contribution in [1.82, 2.24) is 4.98 Å². The van der Waals surface area contributed by atoms with Gasteiger partial charge in [-0.2, -0.15) is 0 Å². The molecule has 0 radical (unpaired) electrons. The van der Waals surface area contributed by atoms with Gasteiger partial charge in [-0.25, -0.2) is 4.98 Å². The Morgan fingerprint density at radius 1 is 1.14 bits per heavy atom. The molecule has 0 saturated heterocycles. The van der Waals surface area contributed by atoms with Gasteiger partial charge in [-0.3, -0.25) is 10.1 Å². The summed E-state index contributed by atoms with van der Waals surface area (Å²) in [6.45, 7) is 0. The Labute approximate surface area is 134 Å². The number of aromatic nitrogens is 1. The van der Waals surface area contributed by atoms with Gasteiger partial charge in [-0.15, -0.1) is 0 Å². The second kappa shape index (κ2) is 5.79. The van der Waals surface area contributed by atoms with Crippen LogP contribution in [0.3, 0.4) is 0 Å². The highest BCUT2D eigenvalue weighted by Crippen LogP contribution is 2.25. The van der Waals surface area contributed by atoms with Crippen molar-refractivity contribution in [2.75, 3.05) is 0 Å². The number of hydrogen-bond acceptors (Lipinski definition) is 4. The topological polar surface area (TPSA) is 69.2 Å². The predicted octanol–water partition coefficient (Wildman–Crippen LogP) is 5.21. The Kier molecular flexibility index (Phi) is 3.83. The minimum Gasteiger partial charge on any atom is -0.437 e. The lowest BCUT2D eigenvalue weighted by atomic mass is 10.2. The van der Waals surface area contributed by atoms with E-state index >= 15 is 0 Å². The molecule has 1 heterocycles. The fourth-order valence-electron chi connectivity index (χ4n) is 1.92. The Balaban J connectivity index is 1.95. The van der Waals surface area contributed by atoms with E-state index in [1.807, 2.05) is 0 Å². The van der Waals surface area contributed by atoms with Crippen LogP contribution in [0.1, 0.15) is 11.5 Å².